The third-order valence-electron chi connectivity index (χ3n) is 5.62. The van der Waals surface area contributed by atoms with Crippen LogP contribution in [0.5, 0.6) is 0 Å². The second-order valence-corrected chi connectivity index (χ2v) is 9.21. The molecule has 1 unspecified atom stereocenters. The van der Waals surface area contributed by atoms with Crippen molar-refractivity contribution in [1.82, 2.24) is 19.9 Å². The Kier molecular flexibility index (Phi) is 4.86. The third kappa shape index (κ3) is 3.38. The van der Waals surface area contributed by atoms with E-state index in [4.69, 9.17) is 4.84 Å². The highest BCUT2D eigenvalue weighted by molar-refractivity contribution is 7.92. The molecule has 3 N–H and O–H groups in total. The maximum atomic E-state index is 12.8. The van der Waals surface area contributed by atoms with Gasteiger partial charge in [0.2, 0.25) is 10.0 Å². The lowest BCUT2D eigenvalue weighted by Gasteiger charge is -2.23. The zero-order valence-electron chi connectivity index (χ0n) is 16.1. The first-order valence-electron chi connectivity index (χ1n) is 9.55. The van der Waals surface area contributed by atoms with E-state index in [0.29, 0.717) is 25.0 Å². The Hall–Kier alpha value is -2.43. The van der Waals surface area contributed by atoms with Crippen LogP contribution in [0.1, 0.15) is 41.8 Å². The van der Waals surface area contributed by atoms with E-state index in [1.807, 2.05) is 0 Å². The number of sulfonamides is 1. The number of rotatable bonds is 6. The molecule has 2 aromatic heterocycles. The van der Waals surface area contributed by atoms with Crippen LogP contribution in [-0.4, -0.2) is 53.4 Å². The van der Waals surface area contributed by atoms with Crippen molar-refractivity contribution < 1.29 is 18.5 Å². The topological polar surface area (TPSA) is 123 Å². The first kappa shape index (κ1) is 18.9. The van der Waals surface area contributed by atoms with Crippen molar-refractivity contribution in [2.45, 2.75) is 44.9 Å². The van der Waals surface area contributed by atoms with Crippen LogP contribution in [0, 0.1) is 5.92 Å². The normalized spacial score (nSPS) is 19.0. The van der Waals surface area contributed by atoms with Gasteiger partial charge in [0.25, 0.3) is 0 Å². The van der Waals surface area contributed by atoms with Crippen LogP contribution in [-0.2, 0) is 35.7 Å². The van der Waals surface area contributed by atoms with E-state index in [9.17, 15) is 13.6 Å². The molecule has 0 radical (unpaired) electrons. The molecule has 0 bridgehead atoms. The summed E-state index contributed by atoms with van der Waals surface area (Å²) in [6, 6.07) is 0. The Bertz CT molecular complexity index is 980. The number of fused-ring (bicyclic) bond motifs is 2. The zero-order chi connectivity index (χ0) is 19.9. The van der Waals surface area contributed by atoms with Crippen LogP contribution in [0.2, 0.25) is 0 Å². The molecule has 2 aromatic rings. The third-order valence-corrected chi connectivity index (χ3v) is 7.03. The first-order valence-corrected chi connectivity index (χ1v) is 11.2. The predicted molar refractivity (Wildman–Crippen MR) is 103 cm³/mol. The van der Waals surface area contributed by atoms with Gasteiger partial charge in [-0.1, -0.05) is 0 Å². The van der Waals surface area contributed by atoms with Gasteiger partial charge in [0.1, 0.15) is 7.11 Å². The van der Waals surface area contributed by atoms with Crippen molar-refractivity contribution in [3.63, 3.8) is 0 Å². The van der Waals surface area contributed by atoms with Gasteiger partial charge in [0.15, 0.2) is 11.6 Å². The van der Waals surface area contributed by atoms with Gasteiger partial charge in [0, 0.05) is 18.2 Å². The summed E-state index contributed by atoms with van der Waals surface area (Å²) in [6.45, 7) is 0. The lowest BCUT2D eigenvalue weighted by molar-refractivity contribution is 0.124. The molecule has 0 fully saturated rings. The Labute approximate surface area is 163 Å². The van der Waals surface area contributed by atoms with Crippen LogP contribution in [0.15, 0.2) is 0 Å². The van der Waals surface area contributed by atoms with Gasteiger partial charge in [-0.05, 0) is 50.9 Å². The minimum absolute atomic E-state index is 0.000812. The average molecular weight is 411 g/mol. The van der Waals surface area contributed by atoms with Crippen molar-refractivity contribution >= 4 is 21.7 Å². The Morgan fingerprint density at radius 3 is 2.68 bits per heavy atom. The maximum Gasteiger partial charge on any atom is 0.234 e. The summed E-state index contributed by atoms with van der Waals surface area (Å²) >= 11 is 0. The molecule has 0 saturated heterocycles. The fourth-order valence-corrected chi connectivity index (χ4v) is 5.76. The molecule has 2 aliphatic carbocycles. The van der Waals surface area contributed by atoms with E-state index < -0.39 is 10.0 Å². The second kappa shape index (κ2) is 7.19. The fraction of sp³-hybridized carbons (Fsp3) is 0.647. The number of nitrogens with one attached hydrogen (secondary N) is 2. The summed E-state index contributed by atoms with van der Waals surface area (Å²) in [6.07, 6.45) is 5.43. The second-order valence-electron chi connectivity index (χ2n) is 7.44. The molecular weight excluding hydrogens is 384 g/mol. The first-order chi connectivity index (χ1) is 13.4. The Morgan fingerprint density at radius 1 is 1.14 bits per heavy atom. The van der Waals surface area contributed by atoms with Gasteiger partial charge >= 0.3 is 0 Å². The maximum absolute atomic E-state index is 12.8. The molecule has 2 aliphatic rings. The minimum Gasteiger partial charge on any atom is -0.411 e. The molecular formula is C17H26N6O4S. The quantitative estimate of drug-likeness (QED) is 0.603. The van der Waals surface area contributed by atoms with Gasteiger partial charge in [-0.3, -0.25) is 4.72 Å². The Morgan fingerprint density at radius 2 is 1.93 bits per heavy atom. The molecule has 0 amide bonds. The lowest BCUT2D eigenvalue weighted by atomic mass is 9.88. The smallest absolute Gasteiger partial charge is 0.234 e. The molecule has 11 heteroatoms. The van der Waals surface area contributed by atoms with E-state index in [2.05, 4.69) is 20.2 Å². The highest BCUT2D eigenvalue weighted by Crippen LogP contribution is 2.32. The van der Waals surface area contributed by atoms with E-state index in [0.717, 1.165) is 53.2 Å². The van der Waals surface area contributed by atoms with Crippen molar-refractivity contribution in [1.29, 1.82) is 0 Å². The molecule has 1 atom stereocenters. The van der Waals surface area contributed by atoms with Gasteiger partial charge in [-0.15, -0.1) is 19.9 Å². The number of hydrogen-bond acceptors (Lipinski definition) is 7. The van der Waals surface area contributed by atoms with Gasteiger partial charge in [-0.2, -0.15) is 0 Å². The SMILES string of the molecule is CNc1nn(OC)c2c1CC(CS(=O)(=O)Nc1nn(O)c3c1CCCC3)CC2. The summed E-state index contributed by atoms with van der Waals surface area (Å²) < 4.78 is 28.2. The standard InChI is InChI=1S/C17H26N6O4S/c1-18-16-13-9-11(7-8-15(13)23(20-16)27-2)10-28(25,26)21-17-12-5-3-4-6-14(12)22(24)19-17/h11,24H,3-10H2,1-2H3,(H,18,20)(H,19,21). The molecule has 2 heterocycles. The van der Waals surface area contributed by atoms with E-state index in [1.54, 1.807) is 14.2 Å². The number of hydrogen-bond donors (Lipinski definition) is 3. The van der Waals surface area contributed by atoms with E-state index in [1.165, 1.54) is 4.85 Å². The molecule has 10 nitrogen and oxygen atoms in total. The number of aromatic nitrogens is 4. The van der Waals surface area contributed by atoms with Crippen LogP contribution in [0.4, 0.5) is 11.6 Å². The molecule has 4 rings (SSSR count). The van der Waals surface area contributed by atoms with Crippen molar-refractivity contribution in [3.8, 4) is 0 Å². The molecule has 0 spiro atoms. The van der Waals surface area contributed by atoms with Crippen LogP contribution >= 0.6 is 0 Å². The summed E-state index contributed by atoms with van der Waals surface area (Å²) in [5.41, 5.74) is 3.51. The monoisotopic (exact) mass is 410 g/mol. The van der Waals surface area contributed by atoms with Crippen molar-refractivity contribution in [2.24, 2.45) is 5.92 Å². The summed E-state index contributed by atoms with van der Waals surface area (Å²) in [5.74, 6) is 0.955. The van der Waals surface area contributed by atoms with Gasteiger partial charge in [-0.25, -0.2) is 8.42 Å². The lowest BCUT2D eigenvalue weighted by Crippen LogP contribution is -2.28. The molecule has 28 heavy (non-hydrogen) atoms. The van der Waals surface area contributed by atoms with Gasteiger partial charge in [0.05, 0.1) is 17.1 Å². The zero-order valence-corrected chi connectivity index (χ0v) is 16.9. The highest BCUT2D eigenvalue weighted by atomic mass is 32.2. The molecule has 0 aromatic carbocycles. The van der Waals surface area contributed by atoms with Crippen LogP contribution < -0.4 is 14.9 Å². The highest BCUT2D eigenvalue weighted by Gasteiger charge is 2.31. The molecule has 0 aliphatic heterocycles. The van der Waals surface area contributed by atoms with Crippen molar-refractivity contribution in [2.75, 3.05) is 29.9 Å². The molecule has 154 valence electrons. The fourth-order valence-electron chi connectivity index (χ4n) is 4.31. The van der Waals surface area contributed by atoms with Crippen molar-refractivity contribution in [3.05, 3.63) is 22.5 Å². The summed E-state index contributed by atoms with van der Waals surface area (Å²) in [7, 11) is -0.237. The van der Waals surface area contributed by atoms with Crippen LogP contribution in [0.3, 0.4) is 0 Å². The summed E-state index contributed by atoms with van der Waals surface area (Å²) in [4.78, 5) is 7.59. The number of nitrogens with zero attached hydrogens (tertiary/aromatic N) is 4. The van der Waals surface area contributed by atoms with E-state index >= 15 is 0 Å². The molecule has 0 saturated carbocycles. The number of anilines is 2. The van der Waals surface area contributed by atoms with Gasteiger partial charge < -0.3 is 15.4 Å². The average Bonchev–Trinajstić information content (AvgIpc) is 3.18. The van der Waals surface area contributed by atoms with Crippen LogP contribution in [0.25, 0.3) is 0 Å². The minimum atomic E-state index is -3.59. The Balaban J connectivity index is 1.50. The summed E-state index contributed by atoms with van der Waals surface area (Å²) in [5, 5.41) is 21.3. The predicted octanol–water partition coefficient (Wildman–Crippen LogP) is 0.843. The largest absolute Gasteiger partial charge is 0.411 e. The van der Waals surface area contributed by atoms with E-state index in [-0.39, 0.29) is 17.5 Å².